The molecule has 0 aliphatic carbocycles. The first kappa shape index (κ1) is 15.5. The molecule has 2 rings (SSSR count). The summed E-state index contributed by atoms with van der Waals surface area (Å²) in [6, 6.07) is 4.87. The zero-order valence-electron chi connectivity index (χ0n) is 12.0. The molecule has 1 aromatic rings. The summed E-state index contributed by atoms with van der Waals surface area (Å²) in [5, 5.41) is 9.02. The summed E-state index contributed by atoms with van der Waals surface area (Å²) in [5.41, 5.74) is 1.93. The highest BCUT2D eigenvalue weighted by molar-refractivity contribution is 5.96. The Balaban J connectivity index is 2.07. The van der Waals surface area contributed by atoms with E-state index in [1.807, 2.05) is 0 Å². The molecule has 1 aromatic carbocycles. The van der Waals surface area contributed by atoms with Crippen molar-refractivity contribution in [2.24, 2.45) is 0 Å². The Bertz CT molecular complexity index is 529. The number of benzene rings is 1. The largest absolute Gasteiger partial charge is 0.478 e. The Morgan fingerprint density at radius 3 is 2.86 bits per heavy atom. The smallest absolute Gasteiger partial charge is 0.335 e. The van der Waals surface area contributed by atoms with E-state index < -0.39 is 5.97 Å². The van der Waals surface area contributed by atoms with E-state index in [-0.39, 0.29) is 18.1 Å². The van der Waals surface area contributed by atoms with E-state index in [0.717, 1.165) is 24.1 Å². The van der Waals surface area contributed by atoms with Crippen molar-refractivity contribution in [1.29, 1.82) is 0 Å². The second-order valence-corrected chi connectivity index (χ2v) is 4.84. The van der Waals surface area contributed by atoms with Gasteiger partial charge in [0.15, 0.2) is 0 Å². The van der Waals surface area contributed by atoms with Gasteiger partial charge in [0.25, 0.3) is 5.91 Å². The van der Waals surface area contributed by atoms with Crippen LogP contribution >= 0.6 is 0 Å². The third-order valence-corrected chi connectivity index (χ3v) is 3.40. The number of aryl methyl sites for hydroxylation is 1. The van der Waals surface area contributed by atoms with Gasteiger partial charge in [0.05, 0.1) is 18.8 Å². The van der Waals surface area contributed by atoms with Gasteiger partial charge >= 0.3 is 5.97 Å². The standard InChI is InChI=1S/C15H19NO5/c1-20-7-8-21-10-14(17)16-6-2-3-11-9-12(15(18)19)4-5-13(11)16/h4-5,9H,2-3,6-8,10H2,1H3,(H,18,19). The maximum Gasteiger partial charge on any atom is 0.335 e. The van der Waals surface area contributed by atoms with Crippen LogP contribution in [0.3, 0.4) is 0 Å². The molecule has 1 aliphatic rings. The van der Waals surface area contributed by atoms with Crippen molar-refractivity contribution in [3.63, 3.8) is 0 Å². The number of anilines is 1. The average Bonchev–Trinajstić information content (AvgIpc) is 2.50. The molecule has 114 valence electrons. The fraction of sp³-hybridized carbons (Fsp3) is 0.467. The van der Waals surface area contributed by atoms with Crippen molar-refractivity contribution >= 4 is 17.6 Å². The van der Waals surface area contributed by atoms with Crippen LogP contribution in [0.2, 0.25) is 0 Å². The van der Waals surface area contributed by atoms with E-state index in [9.17, 15) is 9.59 Å². The molecule has 0 bridgehead atoms. The molecule has 0 unspecified atom stereocenters. The fourth-order valence-corrected chi connectivity index (χ4v) is 2.37. The number of aromatic carboxylic acids is 1. The molecule has 0 spiro atoms. The molecular weight excluding hydrogens is 274 g/mol. The lowest BCUT2D eigenvalue weighted by molar-refractivity contribution is -0.123. The number of methoxy groups -OCH3 is 1. The van der Waals surface area contributed by atoms with Crippen molar-refractivity contribution in [2.45, 2.75) is 12.8 Å². The van der Waals surface area contributed by atoms with E-state index in [4.69, 9.17) is 14.6 Å². The molecule has 0 atom stereocenters. The number of rotatable bonds is 6. The predicted molar refractivity (Wildman–Crippen MR) is 76.8 cm³/mol. The van der Waals surface area contributed by atoms with E-state index in [2.05, 4.69) is 0 Å². The van der Waals surface area contributed by atoms with Gasteiger partial charge in [0.1, 0.15) is 6.61 Å². The van der Waals surface area contributed by atoms with Crippen LogP contribution in [0, 0.1) is 0 Å². The van der Waals surface area contributed by atoms with Crippen LogP contribution in [-0.2, 0) is 20.7 Å². The minimum Gasteiger partial charge on any atom is -0.478 e. The fourth-order valence-electron chi connectivity index (χ4n) is 2.37. The van der Waals surface area contributed by atoms with Crippen LogP contribution in [0.4, 0.5) is 5.69 Å². The minimum atomic E-state index is -0.954. The number of carboxylic acids is 1. The normalized spacial score (nSPS) is 13.9. The lowest BCUT2D eigenvalue weighted by atomic mass is 9.99. The van der Waals surface area contributed by atoms with Crippen LogP contribution in [0.15, 0.2) is 18.2 Å². The Kier molecular flexibility index (Phi) is 5.30. The lowest BCUT2D eigenvalue weighted by Crippen LogP contribution is -2.38. The number of carbonyl (C=O) groups is 2. The zero-order chi connectivity index (χ0) is 15.2. The number of fused-ring (bicyclic) bond motifs is 1. The summed E-state index contributed by atoms with van der Waals surface area (Å²) in [4.78, 5) is 24.8. The van der Waals surface area contributed by atoms with Crippen LogP contribution in [0.5, 0.6) is 0 Å². The molecule has 0 aromatic heterocycles. The van der Waals surface area contributed by atoms with Gasteiger partial charge in [0, 0.05) is 19.3 Å². The predicted octanol–water partition coefficient (Wildman–Crippen LogP) is 1.33. The third kappa shape index (κ3) is 3.80. The van der Waals surface area contributed by atoms with Crippen molar-refractivity contribution in [1.82, 2.24) is 0 Å². The van der Waals surface area contributed by atoms with E-state index >= 15 is 0 Å². The van der Waals surface area contributed by atoms with Gasteiger partial charge in [0.2, 0.25) is 0 Å². The number of carbonyl (C=O) groups excluding carboxylic acids is 1. The van der Waals surface area contributed by atoms with Crippen molar-refractivity contribution in [3.8, 4) is 0 Å². The molecule has 6 heteroatoms. The van der Waals surface area contributed by atoms with Gasteiger partial charge in [-0.1, -0.05) is 0 Å². The van der Waals surface area contributed by atoms with Crippen molar-refractivity contribution in [2.75, 3.05) is 38.4 Å². The monoisotopic (exact) mass is 293 g/mol. The molecule has 0 saturated carbocycles. The molecular formula is C15H19NO5. The highest BCUT2D eigenvalue weighted by atomic mass is 16.5. The quantitative estimate of drug-likeness (QED) is 0.801. The minimum absolute atomic E-state index is 0.00345. The zero-order valence-corrected chi connectivity index (χ0v) is 12.0. The first-order valence-corrected chi connectivity index (χ1v) is 6.86. The van der Waals surface area contributed by atoms with Crippen molar-refractivity contribution < 1.29 is 24.2 Å². The molecule has 1 amide bonds. The van der Waals surface area contributed by atoms with Gasteiger partial charge in [-0.2, -0.15) is 0 Å². The summed E-state index contributed by atoms with van der Waals surface area (Å²) in [6.07, 6.45) is 1.60. The third-order valence-electron chi connectivity index (χ3n) is 3.40. The van der Waals surface area contributed by atoms with Gasteiger partial charge in [-0.15, -0.1) is 0 Å². The Morgan fingerprint density at radius 2 is 2.14 bits per heavy atom. The van der Waals surface area contributed by atoms with Gasteiger partial charge in [-0.05, 0) is 36.6 Å². The highest BCUT2D eigenvalue weighted by Gasteiger charge is 2.23. The number of carboxylic acid groups (broad SMARTS) is 1. The number of nitrogens with zero attached hydrogens (tertiary/aromatic N) is 1. The molecule has 0 saturated heterocycles. The Hall–Kier alpha value is -1.92. The summed E-state index contributed by atoms with van der Waals surface area (Å²) in [6.45, 7) is 1.46. The average molecular weight is 293 g/mol. The van der Waals surface area contributed by atoms with Gasteiger partial charge in [-0.25, -0.2) is 4.79 Å². The van der Waals surface area contributed by atoms with Crippen LogP contribution in [0.25, 0.3) is 0 Å². The number of hydrogen-bond acceptors (Lipinski definition) is 4. The van der Waals surface area contributed by atoms with Gasteiger partial charge < -0.3 is 19.5 Å². The molecule has 21 heavy (non-hydrogen) atoms. The number of ether oxygens (including phenoxy) is 2. The van der Waals surface area contributed by atoms with Crippen LogP contribution in [0.1, 0.15) is 22.3 Å². The maximum atomic E-state index is 12.2. The van der Waals surface area contributed by atoms with E-state index in [1.54, 1.807) is 24.1 Å². The van der Waals surface area contributed by atoms with Gasteiger partial charge in [-0.3, -0.25) is 4.79 Å². The lowest BCUT2D eigenvalue weighted by Gasteiger charge is -2.29. The summed E-state index contributed by atoms with van der Waals surface area (Å²) < 4.78 is 10.1. The Morgan fingerprint density at radius 1 is 1.33 bits per heavy atom. The second-order valence-electron chi connectivity index (χ2n) is 4.84. The summed E-state index contributed by atoms with van der Waals surface area (Å²) >= 11 is 0. The number of amides is 1. The topological polar surface area (TPSA) is 76.1 Å². The maximum absolute atomic E-state index is 12.2. The first-order valence-electron chi connectivity index (χ1n) is 6.86. The molecule has 0 fully saturated rings. The van der Waals surface area contributed by atoms with E-state index in [0.29, 0.717) is 19.8 Å². The first-order chi connectivity index (χ1) is 10.1. The van der Waals surface area contributed by atoms with E-state index in [1.165, 1.54) is 6.07 Å². The highest BCUT2D eigenvalue weighted by Crippen LogP contribution is 2.28. The molecule has 6 nitrogen and oxygen atoms in total. The number of hydrogen-bond donors (Lipinski definition) is 1. The Labute approximate surface area is 123 Å². The SMILES string of the molecule is COCCOCC(=O)N1CCCc2cc(C(=O)O)ccc21. The molecule has 1 aliphatic heterocycles. The summed E-state index contributed by atoms with van der Waals surface area (Å²) in [7, 11) is 1.58. The molecule has 1 heterocycles. The van der Waals surface area contributed by atoms with Crippen LogP contribution in [-0.4, -0.2) is 50.5 Å². The molecule has 0 radical (unpaired) electrons. The van der Waals surface area contributed by atoms with Crippen LogP contribution < -0.4 is 4.90 Å². The molecule has 1 N–H and O–H groups in total. The second kappa shape index (κ2) is 7.19. The van der Waals surface area contributed by atoms with Crippen molar-refractivity contribution in [3.05, 3.63) is 29.3 Å². The summed E-state index contributed by atoms with van der Waals surface area (Å²) in [5.74, 6) is -1.07.